The van der Waals surface area contributed by atoms with Gasteiger partial charge in [-0.2, -0.15) is 0 Å². The molecular weight excluding hydrogens is 204 g/mol. The number of piperidine rings is 1. The third-order valence-corrected chi connectivity index (χ3v) is 3.38. The highest BCUT2D eigenvalue weighted by Gasteiger charge is 2.26. The molecule has 1 heterocycles. The SMILES string of the molecule is CCNCC(O)CN1CCC(C)C(OC)C1. The number of nitrogens with zero attached hydrogens (tertiary/aromatic N) is 1. The molecule has 0 saturated carbocycles. The van der Waals surface area contributed by atoms with Crippen LogP contribution in [0.5, 0.6) is 0 Å². The molecule has 1 aliphatic rings. The number of hydrogen-bond donors (Lipinski definition) is 2. The van der Waals surface area contributed by atoms with Crippen LogP contribution >= 0.6 is 0 Å². The number of β-amino-alcohol motifs (C(OH)–C–C–N with tert-alkyl or cyclic N) is 1. The molecule has 0 radical (unpaired) electrons. The molecule has 0 aromatic rings. The molecule has 16 heavy (non-hydrogen) atoms. The molecule has 0 aromatic heterocycles. The second-order valence-corrected chi connectivity index (χ2v) is 4.76. The van der Waals surface area contributed by atoms with Crippen LogP contribution in [-0.4, -0.2) is 62.0 Å². The quantitative estimate of drug-likeness (QED) is 0.689. The lowest BCUT2D eigenvalue weighted by Gasteiger charge is -2.37. The highest BCUT2D eigenvalue weighted by Crippen LogP contribution is 2.19. The average Bonchev–Trinajstić information content (AvgIpc) is 2.29. The fraction of sp³-hybridized carbons (Fsp3) is 1.00. The minimum absolute atomic E-state index is 0.272. The Labute approximate surface area is 99.0 Å². The molecule has 4 nitrogen and oxygen atoms in total. The average molecular weight is 230 g/mol. The number of likely N-dealkylation sites (tertiary alicyclic amines) is 1. The maximum absolute atomic E-state index is 9.81. The van der Waals surface area contributed by atoms with Gasteiger partial charge in [0.1, 0.15) is 0 Å². The minimum Gasteiger partial charge on any atom is -0.390 e. The van der Waals surface area contributed by atoms with Crippen molar-refractivity contribution in [2.24, 2.45) is 5.92 Å². The lowest BCUT2D eigenvalue weighted by Crippen LogP contribution is -2.48. The summed E-state index contributed by atoms with van der Waals surface area (Å²) in [5.41, 5.74) is 0. The van der Waals surface area contributed by atoms with Gasteiger partial charge in [-0.05, 0) is 25.4 Å². The fourth-order valence-electron chi connectivity index (χ4n) is 2.24. The Morgan fingerprint density at radius 3 is 2.94 bits per heavy atom. The Hall–Kier alpha value is -0.160. The second-order valence-electron chi connectivity index (χ2n) is 4.76. The molecule has 0 aliphatic carbocycles. The van der Waals surface area contributed by atoms with Gasteiger partial charge < -0.3 is 15.2 Å². The van der Waals surface area contributed by atoms with Crippen LogP contribution in [0.25, 0.3) is 0 Å². The largest absolute Gasteiger partial charge is 0.390 e. The van der Waals surface area contributed by atoms with Gasteiger partial charge in [0.2, 0.25) is 0 Å². The lowest BCUT2D eigenvalue weighted by atomic mass is 9.95. The minimum atomic E-state index is -0.272. The number of hydrogen-bond acceptors (Lipinski definition) is 4. The Bertz CT molecular complexity index is 190. The summed E-state index contributed by atoms with van der Waals surface area (Å²) in [6.07, 6.45) is 1.21. The van der Waals surface area contributed by atoms with E-state index in [0.717, 1.165) is 32.6 Å². The van der Waals surface area contributed by atoms with Crippen molar-refractivity contribution in [2.75, 3.05) is 39.8 Å². The van der Waals surface area contributed by atoms with Crippen LogP contribution in [0.1, 0.15) is 20.3 Å². The summed E-state index contributed by atoms with van der Waals surface area (Å²) in [6.45, 7) is 8.65. The summed E-state index contributed by atoms with van der Waals surface area (Å²) in [7, 11) is 1.78. The number of rotatable bonds is 6. The van der Waals surface area contributed by atoms with E-state index in [0.29, 0.717) is 18.6 Å². The van der Waals surface area contributed by atoms with Crippen molar-refractivity contribution >= 4 is 0 Å². The van der Waals surface area contributed by atoms with E-state index in [-0.39, 0.29) is 6.10 Å². The zero-order valence-corrected chi connectivity index (χ0v) is 10.8. The number of ether oxygens (including phenoxy) is 1. The zero-order valence-electron chi connectivity index (χ0n) is 10.8. The van der Waals surface area contributed by atoms with E-state index in [1.54, 1.807) is 7.11 Å². The molecular formula is C12H26N2O2. The molecule has 0 spiro atoms. The molecule has 0 bridgehead atoms. The molecule has 0 amide bonds. The van der Waals surface area contributed by atoms with Crippen molar-refractivity contribution in [1.82, 2.24) is 10.2 Å². The van der Waals surface area contributed by atoms with Gasteiger partial charge in [0.05, 0.1) is 12.2 Å². The second kappa shape index (κ2) is 7.22. The molecule has 0 aromatic carbocycles. The summed E-state index contributed by atoms with van der Waals surface area (Å²) in [4.78, 5) is 2.30. The first-order chi connectivity index (χ1) is 7.67. The predicted octanol–water partition coefficient (Wildman–Crippen LogP) is 0.314. The highest BCUT2D eigenvalue weighted by molar-refractivity contribution is 4.80. The van der Waals surface area contributed by atoms with Crippen LogP contribution in [0, 0.1) is 5.92 Å². The molecule has 4 heteroatoms. The maximum Gasteiger partial charge on any atom is 0.0791 e. The van der Waals surface area contributed by atoms with Crippen LogP contribution in [-0.2, 0) is 4.74 Å². The number of nitrogens with one attached hydrogen (secondary N) is 1. The third-order valence-electron chi connectivity index (χ3n) is 3.38. The summed E-state index contributed by atoms with van der Waals surface area (Å²) in [5.74, 6) is 0.632. The van der Waals surface area contributed by atoms with Crippen LogP contribution in [0.4, 0.5) is 0 Å². The number of methoxy groups -OCH3 is 1. The Balaban J connectivity index is 2.27. The summed E-state index contributed by atoms with van der Waals surface area (Å²) in [5, 5.41) is 13.0. The zero-order chi connectivity index (χ0) is 12.0. The van der Waals surface area contributed by atoms with Gasteiger partial charge in [0.25, 0.3) is 0 Å². The monoisotopic (exact) mass is 230 g/mol. The summed E-state index contributed by atoms with van der Waals surface area (Å²) < 4.78 is 5.46. The summed E-state index contributed by atoms with van der Waals surface area (Å²) in [6, 6.07) is 0. The predicted molar refractivity (Wildman–Crippen MR) is 65.6 cm³/mol. The van der Waals surface area contributed by atoms with Crippen molar-refractivity contribution in [3.05, 3.63) is 0 Å². The van der Waals surface area contributed by atoms with Crippen molar-refractivity contribution in [1.29, 1.82) is 0 Å². The number of likely N-dealkylation sites (N-methyl/N-ethyl adjacent to an activating group) is 1. The van der Waals surface area contributed by atoms with Crippen LogP contribution in [0.15, 0.2) is 0 Å². The van der Waals surface area contributed by atoms with Gasteiger partial charge in [-0.25, -0.2) is 0 Å². The van der Waals surface area contributed by atoms with Crippen LogP contribution in [0.2, 0.25) is 0 Å². The van der Waals surface area contributed by atoms with Crippen molar-refractivity contribution < 1.29 is 9.84 Å². The molecule has 1 saturated heterocycles. The third kappa shape index (κ3) is 4.37. The number of aliphatic hydroxyl groups is 1. The van der Waals surface area contributed by atoms with Gasteiger partial charge >= 0.3 is 0 Å². The topological polar surface area (TPSA) is 44.7 Å². The first-order valence-electron chi connectivity index (χ1n) is 6.31. The molecule has 96 valence electrons. The Morgan fingerprint density at radius 2 is 2.31 bits per heavy atom. The number of aliphatic hydroxyl groups excluding tert-OH is 1. The first kappa shape index (κ1) is 13.9. The fourth-order valence-corrected chi connectivity index (χ4v) is 2.24. The van der Waals surface area contributed by atoms with Crippen molar-refractivity contribution in [3.8, 4) is 0 Å². The van der Waals surface area contributed by atoms with E-state index in [4.69, 9.17) is 4.74 Å². The standard InChI is InChI=1S/C12H26N2O2/c1-4-13-7-11(15)8-14-6-5-10(2)12(9-14)16-3/h10-13,15H,4-9H2,1-3H3. The van der Waals surface area contributed by atoms with E-state index < -0.39 is 0 Å². The Kier molecular flexibility index (Phi) is 6.28. The molecule has 3 atom stereocenters. The molecule has 1 fully saturated rings. The van der Waals surface area contributed by atoms with Gasteiger partial charge in [-0.15, -0.1) is 0 Å². The van der Waals surface area contributed by atoms with Crippen molar-refractivity contribution in [2.45, 2.75) is 32.5 Å². The molecule has 2 N–H and O–H groups in total. The highest BCUT2D eigenvalue weighted by atomic mass is 16.5. The normalized spacial score (nSPS) is 29.2. The summed E-state index contributed by atoms with van der Waals surface area (Å²) >= 11 is 0. The Morgan fingerprint density at radius 1 is 1.56 bits per heavy atom. The van der Waals surface area contributed by atoms with E-state index in [9.17, 15) is 5.11 Å². The smallest absolute Gasteiger partial charge is 0.0791 e. The van der Waals surface area contributed by atoms with E-state index in [1.807, 2.05) is 0 Å². The maximum atomic E-state index is 9.81. The molecule has 3 unspecified atom stereocenters. The lowest BCUT2D eigenvalue weighted by molar-refractivity contribution is -0.0174. The van der Waals surface area contributed by atoms with Crippen LogP contribution < -0.4 is 5.32 Å². The van der Waals surface area contributed by atoms with Gasteiger partial charge in [-0.1, -0.05) is 13.8 Å². The first-order valence-corrected chi connectivity index (χ1v) is 6.31. The van der Waals surface area contributed by atoms with Crippen LogP contribution in [0.3, 0.4) is 0 Å². The van der Waals surface area contributed by atoms with Gasteiger partial charge in [0, 0.05) is 26.7 Å². The molecule has 1 aliphatic heterocycles. The van der Waals surface area contributed by atoms with Gasteiger partial charge in [-0.3, -0.25) is 4.90 Å². The molecule has 1 rings (SSSR count). The van der Waals surface area contributed by atoms with E-state index in [2.05, 4.69) is 24.1 Å². The van der Waals surface area contributed by atoms with Crippen molar-refractivity contribution in [3.63, 3.8) is 0 Å². The van der Waals surface area contributed by atoms with E-state index in [1.165, 1.54) is 0 Å². The van der Waals surface area contributed by atoms with E-state index >= 15 is 0 Å². The van der Waals surface area contributed by atoms with Gasteiger partial charge in [0.15, 0.2) is 0 Å².